The van der Waals surface area contributed by atoms with Crippen molar-refractivity contribution in [2.75, 3.05) is 0 Å². The number of aliphatic imine (C=N–C) groups is 1. The van der Waals surface area contributed by atoms with Crippen molar-refractivity contribution in [2.45, 2.75) is 13.0 Å². The van der Waals surface area contributed by atoms with Crippen molar-refractivity contribution in [1.82, 2.24) is 0 Å². The second-order valence-electron chi connectivity index (χ2n) is 2.76. The number of benzene rings is 1. The van der Waals surface area contributed by atoms with E-state index in [1.54, 1.807) is 0 Å². The van der Waals surface area contributed by atoms with Crippen LogP contribution in [0.4, 0.5) is 5.69 Å². The van der Waals surface area contributed by atoms with E-state index in [4.69, 9.17) is 10.5 Å². The molecule has 0 saturated heterocycles. The number of para-hydroxylation sites is 2. The Morgan fingerprint density at radius 2 is 1.93 bits per heavy atom. The highest BCUT2D eigenvalue weighted by Crippen LogP contribution is 2.30. The van der Waals surface area contributed by atoms with Gasteiger partial charge in [0.25, 0.3) is 0 Å². The molecule has 2 N–H and O–H groups in total. The summed E-state index contributed by atoms with van der Waals surface area (Å²) in [5.41, 5.74) is 6.43. The number of nitrogens with zero attached hydrogens (tertiary/aromatic N) is 1. The number of hydrogen-bond acceptors (Lipinski definition) is 3. The molecule has 0 amide bonds. The number of rotatable bonds is 0. The second-order valence-corrected chi connectivity index (χ2v) is 2.76. The molecule has 1 aromatic carbocycles. The van der Waals surface area contributed by atoms with Crippen LogP contribution >= 0.6 is 24.8 Å². The van der Waals surface area contributed by atoms with Gasteiger partial charge < -0.3 is 10.5 Å². The Bertz CT molecular complexity index is 341. The molecule has 1 unspecified atom stereocenters. The van der Waals surface area contributed by atoms with E-state index in [9.17, 15) is 0 Å². The Labute approximate surface area is 95.2 Å². The standard InChI is InChI=1S/C9H10N2O.2ClH/c1-6-9(10)11-7-4-2-3-5-8(7)12-6;;/h2-6H,1H3,(H2,10,11);2*1H. The van der Waals surface area contributed by atoms with Crippen molar-refractivity contribution in [3.63, 3.8) is 0 Å². The molecule has 1 aliphatic rings. The average Bonchev–Trinajstić information content (AvgIpc) is 2.07. The molecule has 14 heavy (non-hydrogen) atoms. The molecule has 5 heteroatoms. The summed E-state index contributed by atoms with van der Waals surface area (Å²) in [6, 6.07) is 7.60. The van der Waals surface area contributed by atoms with Crippen molar-refractivity contribution in [3.05, 3.63) is 24.3 Å². The van der Waals surface area contributed by atoms with Crippen LogP contribution < -0.4 is 10.5 Å². The van der Waals surface area contributed by atoms with Crippen LogP contribution in [0.25, 0.3) is 0 Å². The highest BCUT2D eigenvalue weighted by Gasteiger charge is 2.16. The summed E-state index contributed by atoms with van der Waals surface area (Å²) < 4.78 is 5.49. The lowest BCUT2D eigenvalue weighted by Gasteiger charge is -2.20. The van der Waals surface area contributed by atoms with Crippen LogP contribution in [-0.4, -0.2) is 11.9 Å². The Balaban J connectivity index is 0.000000845. The van der Waals surface area contributed by atoms with Gasteiger partial charge in [0, 0.05) is 0 Å². The lowest BCUT2D eigenvalue weighted by Crippen LogP contribution is -2.33. The van der Waals surface area contributed by atoms with Crippen molar-refractivity contribution in [3.8, 4) is 5.75 Å². The molecule has 0 spiro atoms. The van der Waals surface area contributed by atoms with E-state index in [-0.39, 0.29) is 30.9 Å². The molecular weight excluding hydrogens is 223 g/mol. The van der Waals surface area contributed by atoms with Crippen molar-refractivity contribution in [2.24, 2.45) is 10.7 Å². The maximum absolute atomic E-state index is 5.62. The van der Waals surface area contributed by atoms with Gasteiger partial charge in [-0.2, -0.15) is 0 Å². The number of amidine groups is 1. The highest BCUT2D eigenvalue weighted by atomic mass is 35.5. The normalized spacial score (nSPS) is 17.8. The van der Waals surface area contributed by atoms with Gasteiger partial charge in [-0.15, -0.1) is 24.8 Å². The zero-order chi connectivity index (χ0) is 8.55. The summed E-state index contributed by atoms with van der Waals surface area (Å²) in [4.78, 5) is 4.20. The fourth-order valence-electron chi connectivity index (χ4n) is 1.13. The first-order valence-corrected chi connectivity index (χ1v) is 3.87. The van der Waals surface area contributed by atoms with Gasteiger partial charge in [0.1, 0.15) is 17.3 Å². The first-order chi connectivity index (χ1) is 5.77. The zero-order valence-corrected chi connectivity index (χ0v) is 9.27. The molecule has 0 saturated carbocycles. The second kappa shape index (κ2) is 5.08. The van der Waals surface area contributed by atoms with E-state index < -0.39 is 0 Å². The largest absolute Gasteiger partial charge is 0.481 e. The smallest absolute Gasteiger partial charge is 0.153 e. The fraction of sp³-hybridized carbons (Fsp3) is 0.222. The van der Waals surface area contributed by atoms with E-state index in [2.05, 4.69) is 4.99 Å². The van der Waals surface area contributed by atoms with Crippen LogP contribution in [0.5, 0.6) is 5.75 Å². The number of ether oxygens (including phenoxy) is 1. The fourth-order valence-corrected chi connectivity index (χ4v) is 1.13. The SMILES string of the molecule is CC1Oc2ccccc2N=C1N.Cl.Cl. The summed E-state index contributed by atoms with van der Waals surface area (Å²) in [6.07, 6.45) is -0.111. The maximum atomic E-state index is 5.62. The Morgan fingerprint density at radius 3 is 2.64 bits per heavy atom. The zero-order valence-electron chi connectivity index (χ0n) is 7.64. The molecule has 3 nitrogen and oxygen atoms in total. The van der Waals surface area contributed by atoms with Crippen molar-refractivity contribution in [1.29, 1.82) is 0 Å². The molecule has 78 valence electrons. The number of halogens is 2. The predicted octanol–water partition coefficient (Wildman–Crippen LogP) is 2.30. The highest BCUT2D eigenvalue weighted by molar-refractivity contribution is 5.89. The maximum Gasteiger partial charge on any atom is 0.153 e. The van der Waals surface area contributed by atoms with Crippen LogP contribution in [0, 0.1) is 0 Å². The van der Waals surface area contributed by atoms with E-state index in [0.29, 0.717) is 5.84 Å². The van der Waals surface area contributed by atoms with Gasteiger partial charge in [-0.25, -0.2) is 4.99 Å². The molecule has 1 aliphatic heterocycles. The molecule has 0 bridgehead atoms. The summed E-state index contributed by atoms with van der Waals surface area (Å²) in [5, 5.41) is 0. The monoisotopic (exact) mass is 234 g/mol. The Hall–Kier alpha value is -0.930. The van der Waals surface area contributed by atoms with Crippen LogP contribution in [0.2, 0.25) is 0 Å². The minimum absolute atomic E-state index is 0. The average molecular weight is 235 g/mol. The molecule has 0 aromatic heterocycles. The van der Waals surface area contributed by atoms with Crippen LogP contribution in [-0.2, 0) is 0 Å². The predicted molar refractivity (Wildman–Crippen MR) is 62.3 cm³/mol. The van der Waals surface area contributed by atoms with Gasteiger partial charge in [-0.05, 0) is 19.1 Å². The lowest BCUT2D eigenvalue weighted by atomic mass is 10.2. The number of hydrogen-bond donors (Lipinski definition) is 1. The summed E-state index contributed by atoms with van der Waals surface area (Å²) >= 11 is 0. The van der Waals surface area contributed by atoms with Gasteiger partial charge in [0.2, 0.25) is 0 Å². The van der Waals surface area contributed by atoms with Crippen LogP contribution in [0.3, 0.4) is 0 Å². The van der Waals surface area contributed by atoms with Crippen molar-refractivity contribution < 1.29 is 4.74 Å². The number of nitrogens with two attached hydrogens (primary N) is 1. The third-order valence-electron chi connectivity index (χ3n) is 1.84. The quantitative estimate of drug-likeness (QED) is 0.749. The van der Waals surface area contributed by atoms with E-state index in [0.717, 1.165) is 11.4 Å². The molecule has 0 fully saturated rings. The van der Waals surface area contributed by atoms with Gasteiger partial charge in [-0.3, -0.25) is 0 Å². The molecule has 1 aromatic rings. The topological polar surface area (TPSA) is 47.6 Å². The summed E-state index contributed by atoms with van der Waals surface area (Å²) in [7, 11) is 0. The van der Waals surface area contributed by atoms with Gasteiger partial charge in [-0.1, -0.05) is 12.1 Å². The van der Waals surface area contributed by atoms with Gasteiger partial charge in [0.15, 0.2) is 6.10 Å². The number of fused-ring (bicyclic) bond motifs is 1. The molecule has 0 radical (unpaired) electrons. The Kier molecular flexibility index (Phi) is 4.74. The summed E-state index contributed by atoms with van der Waals surface area (Å²) in [5.74, 6) is 1.34. The molecule has 1 atom stereocenters. The minimum atomic E-state index is -0.111. The first kappa shape index (κ1) is 13.1. The van der Waals surface area contributed by atoms with Crippen LogP contribution in [0.15, 0.2) is 29.3 Å². The van der Waals surface area contributed by atoms with Crippen LogP contribution in [0.1, 0.15) is 6.92 Å². The van der Waals surface area contributed by atoms with Gasteiger partial charge in [0.05, 0.1) is 0 Å². The first-order valence-electron chi connectivity index (χ1n) is 3.87. The molecule has 1 heterocycles. The van der Waals surface area contributed by atoms with Crippen molar-refractivity contribution >= 4 is 36.3 Å². The summed E-state index contributed by atoms with van der Waals surface area (Å²) in [6.45, 7) is 1.88. The van der Waals surface area contributed by atoms with E-state index in [1.165, 1.54) is 0 Å². The molecule has 2 rings (SSSR count). The lowest BCUT2D eigenvalue weighted by molar-refractivity contribution is 0.281. The van der Waals surface area contributed by atoms with E-state index in [1.807, 2.05) is 31.2 Å². The third kappa shape index (κ3) is 2.30. The molecular formula is C9H12Cl2N2O. The Morgan fingerprint density at radius 1 is 1.29 bits per heavy atom. The minimum Gasteiger partial charge on any atom is -0.481 e. The molecule has 0 aliphatic carbocycles. The van der Waals surface area contributed by atoms with Gasteiger partial charge >= 0.3 is 0 Å². The third-order valence-corrected chi connectivity index (χ3v) is 1.84. The van der Waals surface area contributed by atoms with E-state index >= 15 is 0 Å².